The summed E-state index contributed by atoms with van der Waals surface area (Å²) in [6.07, 6.45) is 0.971. The molecular formula is C11H16ClFN2. The molecule has 1 N–H and O–H groups in total. The van der Waals surface area contributed by atoms with Crippen LogP contribution in [-0.2, 0) is 0 Å². The largest absolute Gasteiger partial charge is 0.383 e. The van der Waals surface area contributed by atoms with E-state index in [2.05, 4.69) is 10.2 Å². The van der Waals surface area contributed by atoms with E-state index in [4.69, 9.17) is 11.6 Å². The van der Waals surface area contributed by atoms with Crippen molar-refractivity contribution in [1.29, 1.82) is 0 Å². The Kier molecular flexibility index (Phi) is 4.85. The average Bonchev–Trinajstić information content (AvgIpc) is 2.18. The van der Waals surface area contributed by atoms with E-state index in [1.807, 2.05) is 14.1 Å². The van der Waals surface area contributed by atoms with Crippen molar-refractivity contribution in [2.75, 3.05) is 32.5 Å². The minimum absolute atomic E-state index is 0.160. The van der Waals surface area contributed by atoms with Gasteiger partial charge in [-0.05, 0) is 39.2 Å². The third-order valence-corrected chi connectivity index (χ3v) is 2.34. The van der Waals surface area contributed by atoms with Crippen LogP contribution in [-0.4, -0.2) is 32.1 Å². The highest BCUT2D eigenvalue weighted by molar-refractivity contribution is 6.31. The average molecular weight is 231 g/mol. The van der Waals surface area contributed by atoms with Gasteiger partial charge in [0.15, 0.2) is 5.82 Å². The van der Waals surface area contributed by atoms with E-state index >= 15 is 0 Å². The summed E-state index contributed by atoms with van der Waals surface area (Å²) in [6, 6.07) is 4.97. The highest BCUT2D eigenvalue weighted by atomic mass is 35.5. The first-order chi connectivity index (χ1) is 7.11. The maximum Gasteiger partial charge on any atom is 0.164 e. The molecule has 0 heterocycles. The lowest BCUT2D eigenvalue weighted by atomic mass is 10.3. The molecule has 0 aliphatic carbocycles. The Labute approximate surface area is 95.0 Å². The first-order valence-electron chi connectivity index (χ1n) is 4.94. The molecule has 1 rings (SSSR count). The quantitative estimate of drug-likeness (QED) is 0.783. The fraction of sp³-hybridized carbons (Fsp3) is 0.455. The summed E-state index contributed by atoms with van der Waals surface area (Å²) < 4.78 is 13.4. The van der Waals surface area contributed by atoms with Crippen LogP contribution in [0.25, 0.3) is 0 Å². The van der Waals surface area contributed by atoms with Crippen LogP contribution in [0.5, 0.6) is 0 Å². The SMILES string of the molecule is CN(C)CCCNc1cccc(Cl)c1F. The Morgan fingerprint density at radius 2 is 2.13 bits per heavy atom. The molecule has 0 aliphatic rings. The molecule has 0 aromatic heterocycles. The molecule has 0 unspecified atom stereocenters. The fourth-order valence-electron chi connectivity index (χ4n) is 1.26. The van der Waals surface area contributed by atoms with Gasteiger partial charge in [-0.15, -0.1) is 0 Å². The lowest BCUT2D eigenvalue weighted by Gasteiger charge is -2.11. The van der Waals surface area contributed by atoms with E-state index in [0.717, 1.165) is 19.5 Å². The summed E-state index contributed by atoms with van der Waals surface area (Å²) in [5.41, 5.74) is 0.473. The maximum absolute atomic E-state index is 13.4. The zero-order valence-corrected chi connectivity index (χ0v) is 9.81. The van der Waals surface area contributed by atoms with Gasteiger partial charge >= 0.3 is 0 Å². The van der Waals surface area contributed by atoms with E-state index in [1.54, 1.807) is 18.2 Å². The number of benzene rings is 1. The number of nitrogens with one attached hydrogen (secondary N) is 1. The molecule has 1 aromatic carbocycles. The van der Waals surface area contributed by atoms with E-state index in [1.165, 1.54) is 0 Å². The fourth-order valence-corrected chi connectivity index (χ4v) is 1.43. The van der Waals surface area contributed by atoms with Gasteiger partial charge in [-0.2, -0.15) is 0 Å². The summed E-state index contributed by atoms with van der Waals surface area (Å²) in [4.78, 5) is 2.09. The lowest BCUT2D eigenvalue weighted by Crippen LogP contribution is -2.16. The molecular weight excluding hydrogens is 215 g/mol. The lowest BCUT2D eigenvalue weighted by molar-refractivity contribution is 0.405. The van der Waals surface area contributed by atoms with Gasteiger partial charge in [0.25, 0.3) is 0 Å². The molecule has 0 fully saturated rings. The maximum atomic E-state index is 13.4. The summed E-state index contributed by atoms with van der Waals surface area (Å²) in [7, 11) is 4.03. The van der Waals surface area contributed by atoms with Crippen molar-refractivity contribution in [1.82, 2.24) is 4.90 Å². The van der Waals surface area contributed by atoms with Crippen molar-refractivity contribution in [2.45, 2.75) is 6.42 Å². The first kappa shape index (κ1) is 12.3. The highest BCUT2D eigenvalue weighted by Gasteiger charge is 2.04. The predicted molar refractivity (Wildman–Crippen MR) is 63.1 cm³/mol. The van der Waals surface area contributed by atoms with Gasteiger partial charge in [0.05, 0.1) is 10.7 Å². The zero-order valence-electron chi connectivity index (χ0n) is 9.06. The molecule has 15 heavy (non-hydrogen) atoms. The molecule has 84 valence electrons. The first-order valence-corrected chi connectivity index (χ1v) is 5.31. The van der Waals surface area contributed by atoms with Crippen LogP contribution in [0.4, 0.5) is 10.1 Å². The number of hydrogen-bond donors (Lipinski definition) is 1. The zero-order chi connectivity index (χ0) is 11.3. The molecule has 0 amide bonds. The van der Waals surface area contributed by atoms with E-state index in [9.17, 15) is 4.39 Å². The molecule has 0 spiro atoms. The Morgan fingerprint density at radius 3 is 2.80 bits per heavy atom. The Hall–Kier alpha value is -0.800. The van der Waals surface area contributed by atoms with Crippen molar-refractivity contribution in [3.8, 4) is 0 Å². The number of halogens is 2. The van der Waals surface area contributed by atoms with Crippen molar-refractivity contribution >= 4 is 17.3 Å². The van der Waals surface area contributed by atoms with Gasteiger partial charge in [0.1, 0.15) is 0 Å². The summed E-state index contributed by atoms with van der Waals surface area (Å²) in [5.74, 6) is -0.371. The Bertz CT molecular complexity index is 315. The smallest absolute Gasteiger partial charge is 0.164 e. The van der Waals surface area contributed by atoms with Crippen molar-refractivity contribution in [3.05, 3.63) is 29.0 Å². The van der Waals surface area contributed by atoms with Crippen LogP contribution in [0.15, 0.2) is 18.2 Å². The van der Waals surface area contributed by atoms with Crippen LogP contribution in [0.1, 0.15) is 6.42 Å². The van der Waals surface area contributed by atoms with Gasteiger partial charge in [0, 0.05) is 6.54 Å². The summed E-state index contributed by atoms with van der Waals surface area (Å²) in [5, 5.41) is 3.18. The number of anilines is 1. The highest BCUT2D eigenvalue weighted by Crippen LogP contribution is 2.21. The van der Waals surface area contributed by atoms with Gasteiger partial charge in [-0.25, -0.2) is 4.39 Å². The molecule has 2 nitrogen and oxygen atoms in total. The predicted octanol–water partition coefficient (Wildman–Crippen LogP) is 2.84. The third kappa shape index (κ3) is 4.06. The van der Waals surface area contributed by atoms with Crippen molar-refractivity contribution in [2.24, 2.45) is 0 Å². The minimum atomic E-state index is -0.371. The van der Waals surface area contributed by atoms with E-state index in [0.29, 0.717) is 5.69 Å². The molecule has 0 aliphatic heterocycles. The summed E-state index contributed by atoms with van der Waals surface area (Å²) in [6.45, 7) is 1.73. The van der Waals surface area contributed by atoms with Gasteiger partial charge < -0.3 is 10.2 Å². The van der Waals surface area contributed by atoms with Crippen LogP contribution >= 0.6 is 11.6 Å². The van der Waals surface area contributed by atoms with Gasteiger partial charge in [-0.1, -0.05) is 17.7 Å². The van der Waals surface area contributed by atoms with Crippen molar-refractivity contribution < 1.29 is 4.39 Å². The normalized spacial score (nSPS) is 10.7. The van der Waals surface area contributed by atoms with Crippen LogP contribution in [0, 0.1) is 5.82 Å². The Balaban J connectivity index is 2.41. The number of nitrogens with zero attached hydrogens (tertiary/aromatic N) is 1. The summed E-state index contributed by atoms with van der Waals surface area (Å²) >= 11 is 5.65. The van der Waals surface area contributed by atoms with E-state index in [-0.39, 0.29) is 10.8 Å². The number of hydrogen-bond acceptors (Lipinski definition) is 2. The molecule has 0 saturated carbocycles. The minimum Gasteiger partial charge on any atom is -0.383 e. The van der Waals surface area contributed by atoms with Gasteiger partial charge in [-0.3, -0.25) is 0 Å². The Morgan fingerprint density at radius 1 is 1.40 bits per heavy atom. The molecule has 0 atom stereocenters. The second-order valence-corrected chi connectivity index (χ2v) is 4.09. The monoisotopic (exact) mass is 230 g/mol. The van der Waals surface area contributed by atoms with E-state index < -0.39 is 0 Å². The van der Waals surface area contributed by atoms with Crippen LogP contribution < -0.4 is 5.32 Å². The second kappa shape index (κ2) is 5.93. The van der Waals surface area contributed by atoms with Gasteiger partial charge in [0.2, 0.25) is 0 Å². The number of rotatable bonds is 5. The standard InChI is InChI=1S/C11H16ClFN2/c1-15(2)8-4-7-14-10-6-3-5-9(12)11(10)13/h3,5-6,14H,4,7-8H2,1-2H3. The molecule has 0 bridgehead atoms. The molecule has 0 radical (unpaired) electrons. The second-order valence-electron chi connectivity index (χ2n) is 3.68. The van der Waals surface area contributed by atoms with Crippen molar-refractivity contribution in [3.63, 3.8) is 0 Å². The molecule has 0 saturated heterocycles. The molecule has 1 aromatic rings. The topological polar surface area (TPSA) is 15.3 Å². The van der Waals surface area contributed by atoms with Crippen LogP contribution in [0.3, 0.4) is 0 Å². The molecule has 4 heteroatoms. The van der Waals surface area contributed by atoms with Crippen LogP contribution in [0.2, 0.25) is 5.02 Å². The third-order valence-electron chi connectivity index (χ3n) is 2.05.